The van der Waals surface area contributed by atoms with Crippen molar-refractivity contribution in [3.8, 4) is 0 Å². The van der Waals surface area contributed by atoms with Gasteiger partial charge in [0.15, 0.2) is 0 Å². The average Bonchev–Trinajstić information content (AvgIpc) is 2.70. The Morgan fingerprint density at radius 1 is 1.44 bits per heavy atom. The van der Waals surface area contributed by atoms with Crippen molar-refractivity contribution in [3.05, 3.63) is 18.3 Å². The second-order valence-corrected chi connectivity index (χ2v) is 6.57. The average molecular weight is 268 g/mol. The molecule has 4 N–H and O–H groups in total. The molecule has 18 heavy (non-hydrogen) atoms. The lowest BCUT2D eigenvalue weighted by molar-refractivity contribution is 0.600. The Morgan fingerprint density at radius 3 is 2.94 bits per heavy atom. The predicted molar refractivity (Wildman–Crippen MR) is 73.3 cm³/mol. The van der Waals surface area contributed by atoms with Gasteiger partial charge in [0.1, 0.15) is 9.84 Å². The van der Waals surface area contributed by atoms with Crippen LogP contribution in [0.15, 0.2) is 18.3 Å². The van der Waals surface area contributed by atoms with Crippen LogP contribution in [-0.4, -0.2) is 37.2 Å². The van der Waals surface area contributed by atoms with Crippen LogP contribution in [0.4, 0.5) is 11.4 Å². The van der Waals surface area contributed by atoms with Crippen LogP contribution in [-0.2, 0) is 9.84 Å². The van der Waals surface area contributed by atoms with Gasteiger partial charge in [-0.25, -0.2) is 8.42 Å². The van der Waals surface area contributed by atoms with E-state index in [1.807, 2.05) is 12.1 Å². The van der Waals surface area contributed by atoms with Crippen LogP contribution in [0.3, 0.4) is 0 Å². The molecule has 0 saturated heterocycles. The first-order chi connectivity index (χ1) is 8.46. The first-order valence-electron chi connectivity index (χ1n) is 5.60. The molecule has 0 aliphatic rings. The number of hydrogen-bond donors (Lipinski definition) is 3. The maximum atomic E-state index is 11.0. The Bertz CT molecular complexity index is 648. The molecule has 98 valence electrons. The highest BCUT2D eigenvalue weighted by atomic mass is 32.2. The van der Waals surface area contributed by atoms with Crippen LogP contribution >= 0.6 is 0 Å². The smallest absolute Gasteiger partial charge is 0.147 e. The molecular formula is C11H16N4O2S. The standard InChI is InChI=1S/C11H16N4O2S/c1-18(16,17)4-2-3-13-11-6-10-8(5-9(11)12)7-14-15-10/h5-7,13H,2-4,12H2,1H3,(H,14,15). The third-order valence-corrected chi connectivity index (χ3v) is 3.65. The highest BCUT2D eigenvalue weighted by molar-refractivity contribution is 7.90. The Hall–Kier alpha value is -1.76. The predicted octanol–water partition coefficient (Wildman–Crippen LogP) is 0.992. The van der Waals surface area contributed by atoms with E-state index in [2.05, 4.69) is 15.5 Å². The second-order valence-electron chi connectivity index (χ2n) is 4.31. The number of benzene rings is 1. The highest BCUT2D eigenvalue weighted by Crippen LogP contribution is 2.24. The summed E-state index contributed by atoms with van der Waals surface area (Å²) < 4.78 is 22.0. The number of anilines is 2. The minimum atomic E-state index is -2.90. The largest absolute Gasteiger partial charge is 0.397 e. The van der Waals surface area contributed by atoms with Gasteiger partial charge in [-0.05, 0) is 18.6 Å². The topological polar surface area (TPSA) is 101 Å². The van der Waals surface area contributed by atoms with E-state index in [4.69, 9.17) is 5.73 Å². The molecule has 6 nitrogen and oxygen atoms in total. The lowest BCUT2D eigenvalue weighted by Crippen LogP contribution is -2.10. The lowest BCUT2D eigenvalue weighted by atomic mass is 10.2. The lowest BCUT2D eigenvalue weighted by Gasteiger charge is -2.09. The van der Waals surface area contributed by atoms with Crippen molar-refractivity contribution in [2.45, 2.75) is 6.42 Å². The minimum Gasteiger partial charge on any atom is -0.397 e. The van der Waals surface area contributed by atoms with E-state index in [1.54, 1.807) is 6.20 Å². The number of H-pyrrole nitrogens is 1. The number of nitrogens with one attached hydrogen (secondary N) is 2. The van der Waals surface area contributed by atoms with Gasteiger partial charge >= 0.3 is 0 Å². The van der Waals surface area contributed by atoms with Gasteiger partial charge in [0.25, 0.3) is 0 Å². The van der Waals surface area contributed by atoms with E-state index in [1.165, 1.54) is 6.26 Å². The molecule has 1 heterocycles. The van der Waals surface area contributed by atoms with E-state index in [0.29, 0.717) is 18.7 Å². The second kappa shape index (κ2) is 4.85. The molecule has 0 aliphatic heterocycles. The van der Waals surface area contributed by atoms with Gasteiger partial charge in [-0.1, -0.05) is 0 Å². The maximum Gasteiger partial charge on any atom is 0.147 e. The van der Waals surface area contributed by atoms with E-state index in [0.717, 1.165) is 16.6 Å². The van der Waals surface area contributed by atoms with Crippen molar-refractivity contribution in [1.29, 1.82) is 0 Å². The van der Waals surface area contributed by atoms with Crippen molar-refractivity contribution in [3.63, 3.8) is 0 Å². The third-order valence-electron chi connectivity index (χ3n) is 2.62. The van der Waals surface area contributed by atoms with E-state index in [-0.39, 0.29) is 5.75 Å². The zero-order chi connectivity index (χ0) is 13.2. The van der Waals surface area contributed by atoms with Crippen LogP contribution < -0.4 is 11.1 Å². The number of nitrogens with two attached hydrogens (primary N) is 1. The molecule has 0 fully saturated rings. The summed E-state index contributed by atoms with van der Waals surface area (Å²) in [5.41, 5.74) is 8.21. The molecule has 7 heteroatoms. The quantitative estimate of drug-likeness (QED) is 0.554. The van der Waals surface area contributed by atoms with E-state index < -0.39 is 9.84 Å². The summed E-state index contributed by atoms with van der Waals surface area (Å²) >= 11 is 0. The first-order valence-corrected chi connectivity index (χ1v) is 7.66. The molecule has 0 atom stereocenters. The molecule has 2 aromatic rings. The molecule has 1 aromatic carbocycles. The zero-order valence-corrected chi connectivity index (χ0v) is 10.9. The van der Waals surface area contributed by atoms with Crippen LogP contribution in [0.1, 0.15) is 6.42 Å². The number of nitrogen functional groups attached to an aromatic ring is 1. The SMILES string of the molecule is CS(=O)(=O)CCCNc1cc2[nH]ncc2cc1N. The Balaban J connectivity index is 2.01. The van der Waals surface area contributed by atoms with Crippen LogP contribution in [0, 0.1) is 0 Å². The summed E-state index contributed by atoms with van der Waals surface area (Å²) in [6.45, 7) is 0.566. The number of sulfone groups is 1. The van der Waals surface area contributed by atoms with Crippen LogP contribution in [0.25, 0.3) is 10.9 Å². The summed E-state index contributed by atoms with van der Waals surface area (Å²) in [6.07, 6.45) is 3.50. The number of fused-ring (bicyclic) bond motifs is 1. The van der Waals surface area contributed by atoms with Gasteiger partial charge < -0.3 is 11.1 Å². The number of hydrogen-bond acceptors (Lipinski definition) is 5. The Labute approximate surface area is 105 Å². The molecule has 0 aliphatic carbocycles. The fourth-order valence-corrected chi connectivity index (χ4v) is 2.39. The number of nitrogens with zero attached hydrogens (tertiary/aromatic N) is 1. The first kappa shape index (κ1) is 12.7. The fraction of sp³-hybridized carbons (Fsp3) is 0.364. The van der Waals surface area contributed by atoms with Crippen molar-refractivity contribution in [2.75, 3.05) is 29.6 Å². The molecule has 0 spiro atoms. The number of aromatic amines is 1. The fourth-order valence-electron chi connectivity index (χ4n) is 1.72. The van der Waals surface area contributed by atoms with Gasteiger partial charge in [-0.3, -0.25) is 5.10 Å². The minimum absolute atomic E-state index is 0.173. The van der Waals surface area contributed by atoms with E-state index >= 15 is 0 Å². The molecule has 0 saturated carbocycles. The molecule has 1 aromatic heterocycles. The van der Waals surface area contributed by atoms with E-state index in [9.17, 15) is 8.42 Å². The summed E-state index contributed by atoms with van der Waals surface area (Å²) in [6, 6.07) is 3.70. The normalized spacial score (nSPS) is 11.8. The monoisotopic (exact) mass is 268 g/mol. The number of rotatable bonds is 5. The maximum absolute atomic E-state index is 11.0. The van der Waals surface area contributed by atoms with Gasteiger partial charge in [0.2, 0.25) is 0 Å². The summed E-state index contributed by atoms with van der Waals surface area (Å²) in [4.78, 5) is 0. The summed E-state index contributed by atoms with van der Waals surface area (Å²) in [5, 5.41) is 10.9. The molecular weight excluding hydrogens is 252 g/mol. The highest BCUT2D eigenvalue weighted by Gasteiger charge is 2.05. The molecule has 2 rings (SSSR count). The van der Waals surface area contributed by atoms with Crippen LogP contribution in [0.2, 0.25) is 0 Å². The van der Waals surface area contributed by atoms with Crippen molar-refractivity contribution in [1.82, 2.24) is 10.2 Å². The molecule has 0 bridgehead atoms. The summed E-state index contributed by atoms with van der Waals surface area (Å²) in [7, 11) is -2.90. The van der Waals surface area contributed by atoms with Gasteiger partial charge in [-0.2, -0.15) is 5.10 Å². The van der Waals surface area contributed by atoms with Crippen molar-refractivity contribution < 1.29 is 8.42 Å². The number of aromatic nitrogens is 2. The summed E-state index contributed by atoms with van der Waals surface area (Å²) in [5.74, 6) is 0.173. The van der Waals surface area contributed by atoms with Gasteiger partial charge in [0, 0.05) is 18.2 Å². The molecule has 0 radical (unpaired) electrons. The Kier molecular flexibility index (Phi) is 3.42. The third kappa shape index (κ3) is 3.13. The Morgan fingerprint density at radius 2 is 2.22 bits per heavy atom. The van der Waals surface area contributed by atoms with Crippen LogP contribution in [0.5, 0.6) is 0 Å². The van der Waals surface area contributed by atoms with Crippen molar-refractivity contribution in [2.24, 2.45) is 0 Å². The molecule has 0 unspecified atom stereocenters. The zero-order valence-electron chi connectivity index (χ0n) is 10.1. The van der Waals surface area contributed by atoms with Crippen molar-refractivity contribution >= 4 is 32.1 Å². The van der Waals surface area contributed by atoms with Gasteiger partial charge in [-0.15, -0.1) is 0 Å². The van der Waals surface area contributed by atoms with Gasteiger partial charge in [0.05, 0.1) is 28.8 Å². The molecule has 0 amide bonds.